The first-order valence-electron chi connectivity index (χ1n) is 11.1. The van der Waals surface area contributed by atoms with Gasteiger partial charge in [-0.25, -0.2) is 0 Å². The van der Waals surface area contributed by atoms with Crippen LogP contribution in [0.1, 0.15) is 34.3 Å². The Balaban J connectivity index is 1.32. The number of nitrogens with zero attached hydrogens (tertiary/aromatic N) is 2. The highest BCUT2D eigenvalue weighted by atomic mass is 35.5. The Morgan fingerprint density at radius 3 is 2.52 bits per heavy atom. The molecule has 2 aromatic carbocycles. The van der Waals surface area contributed by atoms with Crippen molar-refractivity contribution in [3.05, 3.63) is 94.8 Å². The number of halogens is 1. The van der Waals surface area contributed by atoms with E-state index in [1.807, 2.05) is 42.5 Å². The molecule has 1 saturated heterocycles. The van der Waals surface area contributed by atoms with Gasteiger partial charge in [0.15, 0.2) is 0 Å². The first-order valence-corrected chi connectivity index (χ1v) is 11.5. The van der Waals surface area contributed by atoms with E-state index in [0.717, 1.165) is 48.6 Å². The van der Waals surface area contributed by atoms with E-state index in [2.05, 4.69) is 20.5 Å². The van der Waals surface area contributed by atoms with Gasteiger partial charge in [0.25, 0.3) is 5.91 Å². The molecule has 4 rings (SSSR count). The van der Waals surface area contributed by atoms with Gasteiger partial charge in [-0.1, -0.05) is 48.0 Å². The number of anilines is 1. The minimum atomic E-state index is -0.232. The van der Waals surface area contributed by atoms with Crippen molar-refractivity contribution in [2.24, 2.45) is 5.92 Å². The lowest BCUT2D eigenvalue weighted by molar-refractivity contribution is -0.121. The van der Waals surface area contributed by atoms with Crippen LogP contribution in [0.3, 0.4) is 0 Å². The number of aromatic nitrogens is 1. The predicted molar refractivity (Wildman–Crippen MR) is 130 cm³/mol. The summed E-state index contributed by atoms with van der Waals surface area (Å²) >= 11 is 6.28. The molecule has 170 valence electrons. The Morgan fingerprint density at radius 1 is 1.00 bits per heavy atom. The lowest BCUT2D eigenvalue weighted by Crippen LogP contribution is -2.38. The summed E-state index contributed by atoms with van der Waals surface area (Å²) in [6.45, 7) is 2.82. The predicted octanol–water partition coefficient (Wildman–Crippen LogP) is 4.52. The van der Waals surface area contributed by atoms with Gasteiger partial charge >= 0.3 is 0 Å². The number of amides is 2. The fraction of sp³-hybridized carbons (Fsp3) is 0.269. The number of carbonyl (C=O) groups is 2. The van der Waals surface area contributed by atoms with E-state index in [1.54, 1.807) is 30.6 Å². The lowest BCUT2D eigenvalue weighted by Gasteiger charge is -2.31. The topological polar surface area (TPSA) is 74.3 Å². The zero-order valence-electron chi connectivity index (χ0n) is 18.3. The zero-order valence-corrected chi connectivity index (χ0v) is 19.1. The summed E-state index contributed by atoms with van der Waals surface area (Å²) in [5.74, 6) is -0.358. The van der Waals surface area contributed by atoms with Crippen molar-refractivity contribution in [2.45, 2.75) is 25.9 Å². The molecule has 2 amide bonds. The normalized spacial score (nSPS) is 14.6. The van der Waals surface area contributed by atoms with E-state index >= 15 is 0 Å². The second kappa shape index (κ2) is 11.1. The van der Waals surface area contributed by atoms with Crippen LogP contribution in [0, 0.1) is 5.92 Å². The van der Waals surface area contributed by atoms with Crippen LogP contribution in [-0.2, 0) is 17.9 Å². The molecular formula is C26H27ClN4O2. The third-order valence-corrected chi connectivity index (χ3v) is 6.28. The fourth-order valence-corrected chi connectivity index (χ4v) is 4.22. The molecule has 1 fully saturated rings. The summed E-state index contributed by atoms with van der Waals surface area (Å²) in [7, 11) is 0. The summed E-state index contributed by atoms with van der Waals surface area (Å²) in [5, 5.41) is 6.65. The van der Waals surface area contributed by atoms with Crippen molar-refractivity contribution in [2.75, 3.05) is 18.4 Å². The fourth-order valence-electron chi connectivity index (χ4n) is 4.03. The van der Waals surface area contributed by atoms with Gasteiger partial charge in [0.1, 0.15) is 0 Å². The lowest BCUT2D eigenvalue weighted by atomic mass is 9.95. The van der Waals surface area contributed by atoms with Crippen LogP contribution in [0.4, 0.5) is 5.69 Å². The third-order valence-electron chi connectivity index (χ3n) is 5.92. The third kappa shape index (κ3) is 6.18. The average molecular weight is 463 g/mol. The van der Waals surface area contributed by atoms with Crippen LogP contribution < -0.4 is 10.6 Å². The Kier molecular flexibility index (Phi) is 7.70. The number of nitrogens with one attached hydrogen (secondary N) is 2. The minimum absolute atomic E-state index is 0.0418. The van der Waals surface area contributed by atoms with Crippen LogP contribution in [0.5, 0.6) is 0 Å². The molecule has 0 aliphatic carbocycles. The molecule has 2 N–H and O–H groups in total. The van der Waals surface area contributed by atoms with E-state index in [0.29, 0.717) is 17.8 Å². The Hall–Kier alpha value is -3.22. The second-order valence-corrected chi connectivity index (χ2v) is 8.63. The number of pyridine rings is 1. The van der Waals surface area contributed by atoms with Gasteiger partial charge in [-0.3, -0.25) is 19.5 Å². The molecule has 0 unspecified atom stereocenters. The molecule has 1 aliphatic rings. The van der Waals surface area contributed by atoms with Gasteiger partial charge in [0, 0.05) is 36.4 Å². The monoisotopic (exact) mass is 462 g/mol. The summed E-state index contributed by atoms with van der Waals surface area (Å²) in [4.78, 5) is 32.1. The zero-order chi connectivity index (χ0) is 23.0. The Morgan fingerprint density at radius 2 is 1.76 bits per heavy atom. The van der Waals surface area contributed by atoms with Crippen LogP contribution in [0.2, 0.25) is 5.02 Å². The van der Waals surface area contributed by atoms with Gasteiger partial charge in [-0.2, -0.15) is 0 Å². The van der Waals surface area contributed by atoms with Gasteiger partial charge in [-0.05, 0) is 61.3 Å². The van der Waals surface area contributed by atoms with Crippen molar-refractivity contribution in [3.63, 3.8) is 0 Å². The van der Waals surface area contributed by atoms with Crippen molar-refractivity contribution in [1.29, 1.82) is 0 Å². The average Bonchev–Trinajstić information content (AvgIpc) is 2.85. The van der Waals surface area contributed by atoms with E-state index in [9.17, 15) is 9.59 Å². The van der Waals surface area contributed by atoms with Gasteiger partial charge < -0.3 is 10.6 Å². The SMILES string of the molecule is O=C(NCc1cccnc1)c1ccccc1NC(=O)C1CCN(Cc2ccccc2Cl)CC1. The van der Waals surface area contributed by atoms with E-state index in [1.165, 1.54) is 0 Å². The maximum absolute atomic E-state index is 13.0. The van der Waals surface area contributed by atoms with E-state index < -0.39 is 0 Å². The minimum Gasteiger partial charge on any atom is -0.348 e. The van der Waals surface area contributed by atoms with Gasteiger partial charge in [0.05, 0.1) is 11.3 Å². The quantitative estimate of drug-likeness (QED) is 0.541. The van der Waals surface area contributed by atoms with Gasteiger partial charge in [0.2, 0.25) is 5.91 Å². The van der Waals surface area contributed by atoms with Crippen molar-refractivity contribution in [3.8, 4) is 0 Å². The highest BCUT2D eigenvalue weighted by molar-refractivity contribution is 6.31. The largest absolute Gasteiger partial charge is 0.348 e. The standard InChI is InChI=1S/C26H27ClN4O2/c27-23-9-3-1-7-21(23)18-31-14-11-20(12-15-31)25(32)30-24-10-4-2-8-22(24)26(33)29-17-19-6-5-13-28-16-19/h1-10,13,16,20H,11-12,14-15,17-18H2,(H,29,33)(H,30,32). The molecule has 0 bridgehead atoms. The van der Waals surface area contributed by atoms with Crippen LogP contribution in [0.15, 0.2) is 73.1 Å². The molecule has 3 aromatic rings. The number of hydrogen-bond donors (Lipinski definition) is 2. The molecule has 0 spiro atoms. The summed E-state index contributed by atoms with van der Waals surface area (Å²) in [5.41, 5.74) is 3.00. The molecule has 7 heteroatoms. The number of likely N-dealkylation sites (tertiary alicyclic amines) is 1. The second-order valence-electron chi connectivity index (χ2n) is 8.22. The maximum Gasteiger partial charge on any atom is 0.253 e. The number of piperidine rings is 1. The van der Waals surface area contributed by atoms with Gasteiger partial charge in [-0.15, -0.1) is 0 Å². The van der Waals surface area contributed by atoms with Crippen molar-refractivity contribution >= 4 is 29.1 Å². The first-order chi connectivity index (χ1) is 16.1. The first kappa shape index (κ1) is 23.0. The van der Waals surface area contributed by atoms with Crippen LogP contribution in [-0.4, -0.2) is 34.8 Å². The number of rotatable bonds is 7. The van der Waals surface area contributed by atoms with E-state index in [-0.39, 0.29) is 17.7 Å². The van der Waals surface area contributed by atoms with E-state index in [4.69, 9.17) is 11.6 Å². The van der Waals surface area contributed by atoms with Crippen LogP contribution in [0.25, 0.3) is 0 Å². The molecule has 1 aromatic heterocycles. The highest BCUT2D eigenvalue weighted by Gasteiger charge is 2.26. The molecule has 0 atom stereocenters. The molecule has 0 saturated carbocycles. The number of carbonyl (C=O) groups excluding carboxylic acids is 2. The number of para-hydroxylation sites is 1. The summed E-state index contributed by atoms with van der Waals surface area (Å²) in [6.07, 6.45) is 4.95. The molecule has 2 heterocycles. The molecular weight excluding hydrogens is 436 g/mol. The maximum atomic E-state index is 13.0. The smallest absolute Gasteiger partial charge is 0.253 e. The van der Waals surface area contributed by atoms with Crippen molar-refractivity contribution < 1.29 is 9.59 Å². The molecule has 6 nitrogen and oxygen atoms in total. The number of benzene rings is 2. The molecule has 1 aliphatic heterocycles. The molecule has 0 radical (unpaired) electrons. The molecule has 33 heavy (non-hydrogen) atoms. The number of hydrogen-bond acceptors (Lipinski definition) is 4. The van der Waals surface area contributed by atoms with Crippen LogP contribution >= 0.6 is 11.6 Å². The highest BCUT2D eigenvalue weighted by Crippen LogP contribution is 2.24. The Bertz CT molecular complexity index is 1100. The Labute approximate surface area is 199 Å². The summed E-state index contributed by atoms with van der Waals surface area (Å²) in [6, 6.07) is 18.7. The summed E-state index contributed by atoms with van der Waals surface area (Å²) < 4.78 is 0. The van der Waals surface area contributed by atoms with Crippen molar-refractivity contribution in [1.82, 2.24) is 15.2 Å².